The molecule has 0 aromatic heterocycles. The first kappa shape index (κ1) is 12.1. The smallest absolute Gasteiger partial charge is 0.184 e. The van der Waals surface area contributed by atoms with Crippen LogP contribution in [0.2, 0.25) is 0 Å². The lowest BCUT2D eigenvalue weighted by Crippen LogP contribution is -2.27. The maximum absolute atomic E-state index is 5.82. The first-order valence-electron chi connectivity index (χ1n) is 5.30. The monoisotopic (exact) mass is 334 g/mol. The topological polar surface area (TPSA) is 27.7 Å². The summed E-state index contributed by atoms with van der Waals surface area (Å²) in [5.41, 5.74) is 1.05. The lowest BCUT2D eigenvalue weighted by atomic mass is 10.2. The average molecular weight is 334 g/mol. The van der Waals surface area contributed by atoms with E-state index in [4.69, 9.17) is 14.2 Å². The van der Waals surface area contributed by atoms with Crippen molar-refractivity contribution >= 4 is 22.6 Å². The maximum atomic E-state index is 5.82. The molecule has 88 valence electrons. The number of ether oxygens (including phenoxy) is 3. The van der Waals surface area contributed by atoms with Gasteiger partial charge in [0.25, 0.3) is 0 Å². The van der Waals surface area contributed by atoms with Gasteiger partial charge in [-0.2, -0.15) is 0 Å². The van der Waals surface area contributed by atoms with Crippen LogP contribution >= 0.6 is 22.6 Å². The molecule has 1 aliphatic rings. The molecule has 0 unspecified atom stereocenters. The Labute approximate surface area is 109 Å². The molecule has 3 nitrogen and oxygen atoms in total. The van der Waals surface area contributed by atoms with E-state index in [1.165, 1.54) is 0 Å². The van der Waals surface area contributed by atoms with Gasteiger partial charge in [0.2, 0.25) is 0 Å². The van der Waals surface area contributed by atoms with Gasteiger partial charge < -0.3 is 14.2 Å². The van der Waals surface area contributed by atoms with Crippen LogP contribution in [0.15, 0.2) is 24.3 Å². The van der Waals surface area contributed by atoms with E-state index in [0.29, 0.717) is 6.10 Å². The molecule has 1 aromatic carbocycles. The zero-order valence-electron chi connectivity index (χ0n) is 9.19. The Bertz CT molecular complexity index is 326. The predicted octanol–water partition coefficient (Wildman–Crippen LogP) is 2.93. The molecule has 0 amide bonds. The lowest BCUT2D eigenvalue weighted by Gasteiger charge is -2.29. The molecule has 1 aliphatic heterocycles. The minimum absolute atomic E-state index is 0.223. The van der Waals surface area contributed by atoms with Crippen molar-refractivity contribution < 1.29 is 14.2 Å². The average Bonchev–Trinajstić information content (AvgIpc) is 2.39. The molecule has 0 spiro atoms. The maximum Gasteiger partial charge on any atom is 0.184 e. The van der Waals surface area contributed by atoms with E-state index in [-0.39, 0.29) is 6.29 Å². The Morgan fingerprint density at radius 1 is 1.38 bits per heavy atom. The number of halogens is 1. The molecule has 0 bridgehead atoms. The SMILES string of the molecule is COc1ccc([C@H]2OCC[C@@H](CI)O2)cc1. The summed E-state index contributed by atoms with van der Waals surface area (Å²) < 4.78 is 17.6. The van der Waals surface area contributed by atoms with E-state index in [0.717, 1.165) is 28.8 Å². The summed E-state index contributed by atoms with van der Waals surface area (Å²) in [6.45, 7) is 0.768. The normalized spacial score (nSPS) is 25.4. The van der Waals surface area contributed by atoms with Crippen molar-refractivity contribution in [3.05, 3.63) is 29.8 Å². The highest BCUT2D eigenvalue weighted by Crippen LogP contribution is 2.28. The second-order valence-corrected chi connectivity index (χ2v) is 4.56. The van der Waals surface area contributed by atoms with E-state index in [9.17, 15) is 0 Å². The van der Waals surface area contributed by atoms with Gasteiger partial charge in [0.15, 0.2) is 6.29 Å². The summed E-state index contributed by atoms with van der Waals surface area (Å²) in [7, 11) is 1.66. The first-order chi connectivity index (χ1) is 7.83. The number of methoxy groups -OCH3 is 1. The van der Waals surface area contributed by atoms with Crippen molar-refractivity contribution in [2.45, 2.75) is 18.8 Å². The Hall–Kier alpha value is -0.330. The van der Waals surface area contributed by atoms with Crippen LogP contribution in [0.1, 0.15) is 18.3 Å². The van der Waals surface area contributed by atoms with Crippen LogP contribution < -0.4 is 4.74 Å². The van der Waals surface area contributed by atoms with Crippen LogP contribution in [0, 0.1) is 0 Å². The van der Waals surface area contributed by atoms with E-state index < -0.39 is 0 Å². The number of hydrogen-bond acceptors (Lipinski definition) is 3. The van der Waals surface area contributed by atoms with Crippen LogP contribution in [-0.2, 0) is 9.47 Å². The van der Waals surface area contributed by atoms with Crippen LogP contribution in [-0.4, -0.2) is 24.2 Å². The number of alkyl halides is 1. The van der Waals surface area contributed by atoms with Crippen molar-refractivity contribution in [1.82, 2.24) is 0 Å². The third kappa shape index (κ3) is 2.87. The Balaban J connectivity index is 2.05. The van der Waals surface area contributed by atoms with Crippen LogP contribution in [0.25, 0.3) is 0 Å². The standard InChI is InChI=1S/C12H15IO3/c1-14-10-4-2-9(3-5-10)12-15-7-6-11(8-13)16-12/h2-5,11-12H,6-8H2,1H3/t11-,12-/m0/s1. The molecule has 2 atom stereocenters. The van der Waals surface area contributed by atoms with Crippen molar-refractivity contribution in [2.24, 2.45) is 0 Å². The summed E-state index contributed by atoms with van der Waals surface area (Å²) in [5.74, 6) is 0.852. The quantitative estimate of drug-likeness (QED) is 0.628. The van der Waals surface area contributed by atoms with Gasteiger partial charge in [-0.15, -0.1) is 0 Å². The molecule has 0 saturated carbocycles. The van der Waals surface area contributed by atoms with Crippen LogP contribution in [0.5, 0.6) is 5.75 Å². The molecule has 1 fully saturated rings. The van der Waals surface area contributed by atoms with Crippen molar-refractivity contribution in [3.8, 4) is 5.75 Å². The number of hydrogen-bond donors (Lipinski definition) is 0. The van der Waals surface area contributed by atoms with Gasteiger partial charge in [-0.05, 0) is 18.6 Å². The Kier molecular flexibility index (Phi) is 4.43. The minimum Gasteiger partial charge on any atom is -0.497 e. The number of rotatable bonds is 3. The van der Waals surface area contributed by atoms with E-state index >= 15 is 0 Å². The Morgan fingerprint density at radius 2 is 2.12 bits per heavy atom. The number of benzene rings is 1. The lowest BCUT2D eigenvalue weighted by molar-refractivity contribution is -0.210. The van der Waals surface area contributed by atoms with Gasteiger partial charge in [0, 0.05) is 9.99 Å². The second kappa shape index (κ2) is 5.84. The highest BCUT2D eigenvalue weighted by atomic mass is 127. The van der Waals surface area contributed by atoms with E-state index in [1.807, 2.05) is 24.3 Å². The first-order valence-corrected chi connectivity index (χ1v) is 6.83. The van der Waals surface area contributed by atoms with Gasteiger partial charge in [0.1, 0.15) is 5.75 Å². The highest BCUT2D eigenvalue weighted by molar-refractivity contribution is 14.1. The fourth-order valence-electron chi connectivity index (χ4n) is 1.64. The van der Waals surface area contributed by atoms with Gasteiger partial charge in [0.05, 0.1) is 19.8 Å². The van der Waals surface area contributed by atoms with Gasteiger partial charge in [-0.25, -0.2) is 0 Å². The summed E-state index contributed by atoms with van der Waals surface area (Å²) in [4.78, 5) is 0. The molecule has 1 aromatic rings. The third-order valence-electron chi connectivity index (χ3n) is 2.59. The van der Waals surface area contributed by atoms with Gasteiger partial charge in [-0.1, -0.05) is 34.7 Å². The predicted molar refractivity (Wildman–Crippen MR) is 70.1 cm³/mol. The molecule has 16 heavy (non-hydrogen) atoms. The van der Waals surface area contributed by atoms with E-state index in [2.05, 4.69) is 22.6 Å². The fraction of sp³-hybridized carbons (Fsp3) is 0.500. The van der Waals surface area contributed by atoms with Crippen LogP contribution in [0.4, 0.5) is 0 Å². The minimum atomic E-state index is -0.223. The summed E-state index contributed by atoms with van der Waals surface area (Å²) in [6, 6.07) is 7.82. The molecule has 4 heteroatoms. The molecule has 1 heterocycles. The molecule has 2 rings (SSSR count). The summed E-state index contributed by atoms with van der Waals surface area (Å²) in [6.07, 6.45) is 1.07. The van der Waals surface area contributed by atoms with Gasteiger partial charge in [-0.3, -0.25) is 0 Å². The zero-order valence-corrected chi connectivity index (χ0v) is 11.3. The molecular weight excluding hydrogens is 319 g/mol. The van der Waals surface area contributed by atoms with Crippen molar-refractivity contribution in [1.29, 1.82) is 0 Å². The van der Waals surface area contributed by atoms with Crippen molar-refractivity contribution in [2.75, 3.05) is 18.1 Å². The molecule has 1 saturated heterocycles. The third-order valence-corrected chi connectivity index (χ3v) is 3.57. The van der Waals surface area contributed by atoms with Crippen LogP contribution in [0.3, 0.4) is 0 Å². The van der Waals surface area contributed by atoms with Crippen molar-refractivity contribution in [3.63, 3.8) is 0 Å². The molecule has 0 radical (unpaired) electrons. The highest BCUT2D eigenvalue weighted by Gasteiger charge is 2.23. The summed E-state index contributed by atoms with van der Waals surface area (Å²) >= 11 is 2.35. The van der Waals surface area contributed by atoms with Gasteiger partial charge >= 0.3 is 0 Å². The molecule has 0 aliphatic carbocycles. The zero-order chi connectivity index (χ0) is 11.4. The fourth-order valence-corrected chi connectivity index (χ4v) is 2.29. The molecular formula is C12H15IO3. The summed E-state index contributed by atoms with van der Waals surface area (Å²) in [5, 5.41) is 0. The largest absolute Gasteiger partial charge is 0.497 e. The Morgan fingerprint density at radius 3 is 2.75 bits per heavy atom. The second-order valence-electron chi connectivity index (χ2n) is 3.68. The molecule has 0 N–H and O–H groups in total. The van der Waals surface area contributed by atoms with E-state index in [1.54, 1.807) is 7.11 Å².